The number of rotatable bonds is 5. The highest BCUT2D eigenvalue weighted by Crippen LogP contribution is 2.33. The summed E-state index contributed by atoms with van der Waals surface area (Å²) in [6, 6.07) is 16.5. The number of aryl methyl sites for hydroxylation is 1. The van der Waals surface area contributed by atoms with Crippen LogP contribution in [0.4, 0.5) is 22.3 Å². The summed E-state index contributed by atoms with van der Waals surface area (Å²) >= 11 is 1.55. The summed E-state index contributed by atoms with van der Waals surface area (Å²) in [5.74, 6) is 0.0239. The molecule has 1 aromatic carbocycles. The maximum absolute atomic E-state index is 12.5. The van der Waals surface area contributed by atoms with E-state index in [1.54, 1.807) is 41.8 Å². The molecule has 4 heterocycles. The molecule has 0 aliphatic heterocycles. The van der Waals surface area contributed by atoms with Crippen molar-refractivity contribution in [1.29, 1.82) is 0 Å². The fraction of sp³-hybridized carbons (Fsp3) is 0.0435. The standard InChI is InChI=1S/C23H19N7OS/c1-14-20(30-12-3-2-6-19(30)27-14)18-13-26-23(32-18)28-16-9-7-15(8-10-16)22(31)29-17-5-4-11-25-21(17)24/h2-13H,1H3,(H2,24,25)(H,26,28)(H,29,31). The molecule has 0 spiro atoms. The molecule has 0 radical (unpaired) electrons. The number of hydrogen-bond donors (Lipinski definition) is 3. The van der Waals surface area contributed by atoms with E-state index in [1.165, 1.54) is 0 Å². The summed E-state index contributed by atoms with van der Waals surface area (Å²) < 4.78 is 2.06. The number of anilines is 4. The van der Waals surface area contributed by atoms with Gasteiger partial charge in [0.05, 0.1) is 22.0 Å². The molecule has 0 aliphatic rings. The summed E-state index contributed by atoms with van der Waals surface area (Å²) in [5.41, 5.74) is 10.5. The van der Waals surface area contributed by atoms with Crippen LogP contribution in [0.2, 0.25) is 0 Å². The summed E-state index contributed by atoms with van der Waals surface area (Å²) in [4.78, 5) is 26.6. The monoisotopic (exact) mass is 441 g/mol. The van der Waals surface area contributed by atoms with Crippen LogP contribution in [0.5, 0.6) is 0 Å². The van der Waals surface area contributed by atoms with Gasteiger partial charge >= 0.3 is 0 Å². The van der Waals surface area contributed by atoms with Crippen molar-refractivity contribution in [3.05, 3.63) is 84.4 Å². The zero-order chi connectivity index (χ0) is 22.1. The van der Waals surface area contributed by atoms with Crippen molar-refractivity contribution < 1.29 is 4.79 Å². The number of benzene rings is 1. The van der Waals surface area contributed by atoms with E-state index in [4.69, 9.17) is 5.73 Å². The molecule has 0 bridgehead atoms. The van der Waals surface area contributed by atoms with E-state index in [0.29, 0.717) is 11.3 Å². The highest BCUT2D eigenvalue weighted by Gasteiger charge is 2.14. The lowest BCUT2D eigenvalue weighted by molar-refractivity contribution is 0.102. The summed E-state index contributed by atoms with van der Waals surface area (Å²) in [5, 5.41) is 6.82. The number of amides is 1. The van der Waals surface area contributed by atoms with Gasteiger partial charge in [0, 0.05) is 29.8 Å². The quantitative estimate of drug-likeness (QED) is 0.363. The van der Waals surface area contributed by atoms with Gasteiger partial charge in [-0.1, -0.05) is 17.4 Å². The molecule has 8 nitrogen and oxygen atoms in total. The molecular formula is C23H19N7OS. The average molecular weight is 442 g/mol. The van der Waals surface area contributed by atoms with Crippen LogP contribution in [-0.2, 0) is 0 Å². The molecule has 32 heavy (non-hydrogen) atoms. The molecule has 5 aromatic rings. The Morgan fingerprint density at radius 2 is 1.91 bits per heavy atom. The molecule has 0 saturated heterocycles. The highest BCUT2D eigenvalue weighted by atomic mass is 32.1. The minimum Gasteiger partial charge on any atom is -0.382 e. The van der Waals surface area contributed by atoms with Gasteiger partial charge in [-0.2, -0.15) is 0 Å². The molecule has 0 unspecified atom stereocenters. The van der Waals surface area contributed by atoms with E-state index < -0.39 is 0 Å². The van der Waals surface area contributed by atoms with Crippen molar-refractivity contribution in [2.24, 2.45) is 0 Å². The number of fused-ring (bicyclic) bond motifs is 1. The zero-order valence-corrected chi connectivity index (χ0v) is 17.9. The first kappa shape index (κ1) is 19.7. The molecule has 1 amide bonds. The Morgan fingerprint density at radius 1 is 1.06 bits per heavy atom. The van der Waals surface area contributed by atoms with Crippen LogP contribution < -0.4 is 16.4 Å². The Hall–Kier alpha value is -4.24. The predicted octanol–water partition coefficient (Wildman–Crippen LogP) is 4.74. The summed E-state index contributed by atoms with van der Waals surface area (Å²) in [6.45, 7) is 2.00. The lowest BCUT2D eigenvalue weighted by Crippen LogP contribution is -2.13. The second-order valence-corrected chi connectivity index (χ2v) is 8.13. The van der Waals surface area contributed by atoms with Gasteiger partial charge in [-0.3, -0.25) is 9.20 Å². The lowest BCUT2D eigenvalue weighted by atomic mass is 10.2. The van der Waals surface area contributed by atoms with Gasteiger partial charge < -0.3 is 16.4 Å². The molecule has 0 saturated carbocycles. The number of nitrogens with two attached hydrogens (primary N) is 1. The maximum Gasteiger partial charge on any atom is 0.255 e. The van der Waals surface area contributed by atoms with Crippen molar-refractivity contribution >= 4 is 45.2 Å². The number of carbonyl (C=O) groups is 1. The van der Waals surface area contributed by atoms with Gasteiger partial charge in [0.2, 0.25) is 0 Å². The van der Waals surface area contributed by atoms with Gasteiger partial charge in [-0.05, 0) is 55.5 Å². The Balaban J connectivity index is 1.31. The third-order valence-corrected chi connectivity index (χ3v) is 5.85. The van der Waals surface area contributed by atoms with Crippen molar-refractivity contribution in [3.63, 3.8) is 0 Å². The highest BCUT2D eigenvalue weighted by molar-refractivity contribution is 7.18. The molecule has 0 fully saturated rings. The largest absolute Gasteiger partial charge is 0.382 e. The lowest BCUT2D eigenvalue weighted by Gasteiger charge is -2.08. The number of aromatic nitrogens is 4. The maximum atomic E-state index is 12.5. The third-order valence-electron chi connectivity index (χ3n) is 4.93. The van der Waals surface area contributed by atoms with E-state index in [9.17, 15) is 4.79 Å². The first-order chi connectivity index (χ1) is 15.6. The first-order valence-electron chi connectivity index (χ1n) is 9.87. The second kappa shape index (κ2) is 8.12. The van der Waals surface area contributed by atoms with Gasteiger partial charge in [-0.15, -0.1) is 0 Å². The second-order valence-electron chi connectivity index (χ2n) is 7.10. The van der Waals surface area contributed by atoms with E-state index >= 15 is 0 Å². The average Bonchev–Trinajstić information content (AvgIpc) is 3.38. The van der Waals surface area contributed by atoms with E-state index in [1.807, 2.05) is 49.6 Å². The predicted molar refractivity (Wildman–Crippen MR) is 127 cm³/mol. The van der Waals surface area contributed by atoms with Gasteiger partial charge in [-0.25, -0.2) is 15.0 Å². The zero-order valence-electron chi connectivity index (χ0n) is 17.1. The number of thiazole rings is 1. The van der Waals surface area contributed by atoms with Crippen molar-refractivity contribution in [1.82, 2.24) is 19.4 Å². The van der Waals surface area contributed by atoms with E-state index in [2.05, 4.69) is 30.0 Å². The number of nitrogens with zero attached hydrogens (tertiary/aromatic N) is 4. The topological polar surface area (TPSA) is 110 Å². The Kier molecular flexibility index (Phi) is 5.00. The minimum atomic E-state index is -0.254. The Labute approximate surface area is 187 Å². The number of pyridine rings is 2. The van der Waals surface area contributed by atoms with Gasteiger partial charge in [0.1, 0.15) is 11.5 Å². The SMILES string of the molecule is Cc1nc2ccccn2c1-c1cnc(Nc2ccc(C(=O)Nc3cccnc3N)cc2)s1. The van der Waals surface area contributed by atoms with Crippen LogP contribution in [0, 0.1) is 6.92 Å². The van der Waals surface area contributed by atoms with Gasteiger partial charge in [0.15, 0.2) is 5.13 Å². The van der Waals surface area contributed by atoms with Crippen LogP contribution in [0.1, 0.15) is 16.1 Å². The van der Waals surface area contributed by atoms with Crippen molar-refractivity contribution in [3.8, 4) is 10.6 Å². The first-order valence-corrected chi connectivity index (χ1v) is 10.7. The molecule has 158 valence electrons. The van der Waals surface area contributed by atoms with Crippen LogP contribution in [-0.4, -0.2) is 25.3 Å². The van der Waals surface area contributed by atoms with Crippen LogP contribution >= 0.6 is 11.3 Å². The van der Waals surface area contributed by atoms with E-state index in [0.717, 1.165) is 32.7 Å². The fourth-order valence-corrected chi connectivity index (χ4v) is 4.33. The summed E-state index contributed by atoms with van der Waals surface area (Å²) in [7, 11) is 0. The minimum absolute atomic E-state index is 0.254. The molecular weight excluding hydrogens is 422 g/mol. The normalized spacial score (nSPS) is 10.9. The molecule has 4 aromatic heterocycles. The molecule has 4 N–H and O–H groups in total. The number of nitrogens with one attached hydrogen (secondary N) is 2. The van der Waals surface area contributed by atoms with Crippen LogP contribution in [0.15, 0.2) is 73.2 Å². The Bertz CT molecular complexity index is 1420. The number of hydrogen-bond acceptors (Lipinski definition) is 7. The van der Waals surface area contributed by atoms with Crippen LogP contribution in [0.25, 0.3) is 16.2 Å². The smallest absolute Gasteiger partial charge is 0.255 e. The molecule has 0 aliphatic carbocycles. The van der Waals surface area contributed by atoms with Crippen LogP contribution in [0.3, 0.4) is 0 Å². The summed E-state index contributed by atoms with van der Waals surface area (Å²) in [6.07, 6.45) is 5.42. The number of carbonyl (C=O) groups excluding carboxylic acids is 1. The van der Waals surface area contributed by atoms with E-state index in [-0.39, 0.29) is 11.7 Å². The fourth-order valence-electron chi connectivity index (χ4n) is 3.40. The number of nitrogen functional groups attached to an aromatic ring is 1. The molecule has 9 heteroatoms. The molecule has 5 rings (SSSR count). The third kappa shape index (κ3) is 3.77. The van der Waals surface area contributed by atoms with Gasteiger partial charge in [0.25, 0.3) is 5.91 Å². The Morgan fingerprint density at radius 3 is 2.72 bits per heavy atom. The van der Waals surface area contributed by atoms with Crippen molar-refractivity contribution in [2.45, 2.75) is 6.92 Å². The number of imidazole rings is 1. The van der Waals surface area contributed by atoms with Crippen molar-refractivity contribution in [2.75, 3.05) is 16.4 Å². The molecule has 0 atom stereocenters.